The molecule has 0 radical (unpaired) electrons. The van der Waals surface area contributed by atoms with Crippen LogP contribution < -0.4 is 4.74 Å². The lowest BCUT2D eigenvalue weighted by Gasteiger charge is -2.13. The molecule has 102 valence electrons. The lowest BCUT2D eigenvalue weighted by molar-refractivity contribution is 0.102. The number of carbonyl (C=O) groups is 1. The average Bonchev–Trinajstić information content (AvgIpc) is 2.37. The number of ketones is 1. The van der Waals surface area contributed by atoms with E-state index in [2.05, 4.69) is 22.0 Å². The minimum absolute atomic E-state index is 0.111. The van der Waals surface area contributed by atoms with Crippen molar-refractivity contribution in [3.8, 4) is 5.75 Å². The summed E-state index contributed by atoms with van der Waals surface area (Å²) in [7, 11) is 1.60. The van der Waals surface area contributed by atoms with Crippen LogP contribution in [0.15, 0.2) is 34.3 Å². The van der Waals surface area contributed by atoms with E-state index in [9.17, 15) is 4.79 Å². The van der Waals surface area contributed by atoms with Gasteiger partial charge in [-0.05, 0) is 49.5 Å². The summed E-state index contributed by atoms with van der Waals surface area (Å²) in [5, 5.41) is 0. The number of halogens is 1. The molecule has 0 N–H and O–H groups in total. The van der Waals surface area contributed by atoms with E-state index in [1.807, 2.05) is 18.2 Å². The summed E-state index contributed by atoms with van der Waals surface area (Å²) >= 11 is 3.42. The van der Waals surface area contributed by atoms with Crippen LogP contribution in [0.4, 0.5) is 0 Å². The van der Waals surface area contributed by atoms with Gasteiger partial charge in [-0.15, -0.1) is 0 Å². The Morgan fingerprint density at radius 2 is 2.00 bits per heavy atom. The second-order valence-electron chi connectivity index (χ2n) is 4.86. The normalized spacial score (nSPS) is 18.9. The first kappa shape index (κ1) is 14.3. The molecule has 1 aromatic rings. The topological polar surface area (TPSA) is 26.3 Å². The van der Waals surface area contributed by atoms with Crippen molar-refractivity contribution in [2.45, 2.75) is 38.5 Å². The summed E-state index contributed by atoms with van der Waals surface area (Å²) in [6.45, 7) is 0. The van der Waals surface area contributed by atoms with Gasteiger partial charge in [0, 0.05) is 4.47 Å². The minimum Gasteiger partial charge on any atom is -0.496 e. The van der Waals surface area contributed by atoms with Gasteiger partial charge in [-0.1, -0.05) is 34.8 Å². The summed E-state index contributed by atoms with van der Waals surface area (Å²) in [6, 6.07) is 5.57. The predicted molar refractivity (Wildman–Crippen MR) is 80.8 cm³/mol. The first-order chi connectivity index (χ1) is 9.22. The molecule has 0 saturated heterocycles. The summed E-state index contributed by atoms with van der Waals surface area (Å²) in [4.78, 5) is 12.6. The zero-order valence-corrected chi connectivity index (χ0v) is 12.8. The van der Waals surface area contributed by atoms with Gasteiger partial charge in [0.2, 0.25) is 0 Å². The maximum Gasteiger partial charge on any atom is 0.192 e. The van der Waals surface area contributed by atoms with Gasteiger partial charge in [-0.25, -0.2) is 0 Å². The third-order valence-electron chi connectivity index (χ3n) is 3.49. The van der Waals surface area contributed by atoms with Crippen LogP contribution in [-0.2, 0) is 0 Å². The van der Waals surface area contributed by atoms with Crippen LogP contribution in [0.25, 0.3) is 0 Å². The number of allylic oxidation sites excluding steroid dienone is 2. The first-order valence-corrected chi connectivity index (χ1v) is 7.59. The molecule has 2 rings (SSSR count). The van der Waals surface area contributed by atoms with Crippen molar-refractivity contribution in [1.82, 2.24) is 0 Å². The molecule has 0 heterocycles. The van der Waals surface area contributed by atoms with Crippen LogP contribution in [0.5, 0.6) is 5.75 Å². The number of carbonyl (C=O) groups excluding carboxylic acids is 1. The van der Waals surface area contributed by atoms with Crippen molar-refractivity contribution in [1.29, 1.82) is 0 Å². The highest BCUT2D eigenvalue weighted by Gasteiger charge is 2.17. The van der Waals surface area contributed by atoms with E-state index in [4.69, 9.17) is 4.74 Å². The molecule has 0 unspecified atom stereocenters. The van der Waals surface area contributed by atoms with E-state index in [1.165, 1.54) is 19.3 Å². The molecule has 0 saturated carbocycles. The zero-order chi connectivity index (χ0) is 13.7. The monoisotopic (exact) mass is 322 g/mol. The van der Waals surface area contributed by atoms with E-state index >= 15 is 0 Å². The molecular formula is C16H19BrO2. The Morgan fingerprint density at radius 1 is 1.21 bits per heavy atom. The minimum atomic E-state index is 0.111. The highest BCUT2D eigenvalue weighted by Crippen LogP contribution is 2.28. The van der Waals surface area contributed by atoms with Gasteiger partial charge in [-0.3, -0.25) is 4.79 Å². The van der Waals surface area contributed by atoms with Crippen molar-refractivity contribution >= 4 is 21.7 Å². The molecule has 0 bridgehead atoms. The molecule has 1 aliphatic rings. The smallest absolute Gasteiger partial charge is 0.192 e. The van der Waals surface area contributed by atoms with Crippen LogP contribution in [0.2, 0.25) is 0 Å². The SMILES string of the molecule is COc1ccc(Br)cc1C(=O)/C1=C/CCCCCC1. The van der Waals surface area contributed by atoms with Crippen molar-refractivity contribution in [2.24, 2.45) is 0 Å². The summed E-state index contributed by atoms with van der Waals surface area (Å²) < 4.78 is 6.20. The molecule has 0 fully saturated rings. The van der Waals surface area contributed by atoms with E-state index in [0.29, 0.717) is 11.3 Å². The molecular weight excluding hydrogens is 304 g/mol. The van der Waals surface area contributed by atoms with E-state index in [0.717, 1.165) is 29.3 Å². The Kier molecular flexibility index (Phi) is 5.20. The van der Waals surface area contributed by atoms with Crippen LogP contribution in [0.1, 0.15) is 48.9 Å². The number of hydrogen-bond acceptors (Lipinski definition) is 2. The Morgan fingerprint density at radius 3 is 2.79 bits per heavy atom. The molecule has 1 aliphatic carbocycles. The van der Waals surface area contributed by atoms with Crippen LogP contribution in [0, 0.1) is 0 Å². The van der Waals surface area contributed by atoms with Gasteiger partial charge in [0.15, 0.2) is 5.78 Å². The Balaban J connectivity index is 2.29. The van der Waals surface area contributed by atoms with Crippen molar-refractivity contribution < 1.29 is 9.53 Å². The lowest BCUT2D eigenvalue weighted by atomic mass is 9.94. The molecule has 1 aromatic carbocycles. The van der Waals surface area contributed by atoms with Crippen LogP contribution >= 0.6 is 15.9 Å². The molecule has 0 spiro atoms. The fourth-order valence-electron chi connectivity index (χ4n) is 2.43. The largest absolute Gasteiger partial charge is 0.496 e. The quantitative estimate of drug-likeness (QED) is 0.738. The molecule has 19 heavy (non-hydrogen) atoms. The maximum atomic E-state index is 12.6. The predicted octanol–water partition coefficient (Wildman–Crippen LogP) is 4.92. The Hall–Kier alpha value is -1.09. The summed E-state index contributed by atoms with van der Waals surface area (Å²) in [5.74, 6) is 0.760. The number of benzene rings is 1. The first-order valence-electron chi connectivity index (χ1n) is 6.79. The van der Waals surface area contributed by atoms with E-state index in [-0.39, 0.29) is 5.78 Å². The van der Waals surface area contributed by atoms with Gasteiger partial charge in [0.05, 0.1) is 12.7 Å². The standard InChI is InChI=1S/C16H19BrO2/c1-19-15-10-9-13(17)11-14(15)16(18)12-7-5-3-2-4-6-8-12/h7,9-11H,2-6,8H2,1H3/b12-7+. The van der Waals surface area contributed by atoms with Gasteiger partial charge >= 0.3 is 0 Å². The number of methoxy groups -OCH3 is 1. The second kappa shape index (κ2) is 6.90. The number of Topliss-reactive ketones (excluding diaryl/α,β-unsaturated/α-hetero) is 1. The van der Waals surface area contributed by atoms with Gasteiger partial charge in [0.1, 0.15) is 5.75 Å². The summed E-state index contributed by atoms with van der Waals surface area (Å²) in [5.41, 5.74) is 1.60. The average molecular weight is 323 g/mol. The van der Waals surface area contributed by atoms with Crippen molar-refractivity contribution in [2.75, 3.05) is 7.11 Å². The Labute approximate surface area is 123 Å². The van der Waals surface area contributed by atoms with Crippen molar-refractivity contribution in [3.05, 3.63) is 39.9 Å². The number of rotatable bonds is 3. The molecule has 0 atom stereocenters. The van der Waals surface area contributed by atoms with Gasteiger partial charge in [0.25, 0.3) is 0 Å². The fourth-order valence-corrected chi connectivity index (χ4v) is 2.79. The van der Waals surface area contributed by atoms with Crippen LogP contribution in [-0.4, -0.2) is 12.9 Å². The zero-order valence-electron chi connectivity index (χ0n) is 11.2. The highest BCUT2D eigenvalue weighted by molar-refractivity contribution is 9.10. The molecule has 2 nitrogen and oxygen atoms in total. The summed E-state index contributed by atoms with van der Waals surface area (Å²) in [6.07, 6.45) is 8.80. The molecule has 3 heteroatoms. The third kappa shape index (κ3) is 3.69. The lowest BCUT2D eigenvalue weighted by Crippen LogP contribution is -2.07. The van der Waals surface area contributed by atoms with Gasteiger partial charge in [-0.2, -0.15) is 0 Å². The fraction of sp³-hybridized carbons (Fsp3) is 0.438. The Bertz CT molecular complexity index is 492. The highest BCUT2D eigenvalue weighted by atomic mass is 79.9. The number of ether oxygens (including phenoxy) is 1. The molecule has 0 amide bonds. The second-order valence-corrected chi connectivity index (χ2v) is 5.77. The van der Waals surface area contributed by atoms with Crippen molar-refractivity contribution in [3.63, 3.8) is 0 Å². The molecule has 0 aromatic heterocycles. The van der Waals surface area contributed by atoms with Gasteiger partial charge < -0.3 is 4.74 Å². The van der Waals surface area contributed by atoms with E-state index < -0.39 is 0 Å². The molecule has 0 aliphatic heterocycles. The maximum absolute atomic E-state index is 12.6. The number of hydrogen-bond donors (Lipinski definition) is 0. The van der Waals surface area contributed by atoms with E-state index in [1.54, 1.807) is 7.11 Å². The van der Waals surface area contributed by atoms with Crippen LogP contribution in [0.3, 0.4) is 0 Å². The third-order valence-corrected chi connectivity index (χ3v) is 3.98.